The van der Waals surface area contributed by atoms with Crippen molar-refractivity contribution in [3.63, 3.8) is 0 Å². The zero-order valence-corrected chi connectivity index (χ0v) is 11.7. The molecule has 0 aromatic heterocycles. The number of methoxy groups -OCH3 is 1. The van der Waals surface area contributed by atoms with Crippen LogP contribution in [0.3, 0.4) is 0 Å². The largest absolute Gasteiger partial charge is 0.465 e. The van der Waals surface area contributed by atoms with Crippen LogP contribution in [0.15, 0.2) is 36.9 Å². The molecular weight excluding hydrogens is 276 g/mol. The average Bonchev–Trinajstić information content (AvgIpc) is 2.53. The predicted molar refractivity (Wildman–Crippen MR) is 73.8 cm³/mol. The summed E-state index contributed by atoms with van der Waals surface area (Å²) >= 11 is 0. The van der Waals surface area contributed by atoms with E-state index in [0.29, 0.717) is 6.42 Å². The lowest BCUT2D eigenvalue weighted by molar-refractivity contribution is -0.137. The van der Waals surface area contributed by atoms with Gasteiger partial charge in [0, 0.05) is 12.5 Å². The first-order valence-corrected chi connectivity index (χ1v) is 6.23. The first-order valence-electron chi connectivity index (χ1n) is 6.23. The molecule has 1 aromatic rings. The van der Waals surface area contributed by atoms with Gasteiger partial charge in [0.25, 0.3) is 0 Å². The van der Waals surface area contributed by atoms with Crippen molar-refractivity contribution >= 4 is 17.9 Å². The summed E-state index contributed by atoms with van der Waals surface area (Å²) in [6.45, 7) is 3.45. The number of hydrogen-bond donors (Lipinski definition) is 0. The van der Waals surface area contributed by atoms with E-state index >= 15 is 0 Å². The average molecular weight is 292 g/mol. The summed E-state index contributed by atoms with van der Waals surface area (Å²) in [5.74, 6) is -1.77. The van der Waals surface area contributed by atoms with Crippen molar-refractivity contribution in [2.24, 2.45) is 0 Å². The van der Waals surface area contributed by atoms with Crippen LogP contribution in [0.1, 0.15) is 27.1 Å². The monoisotopic (exact) mass is 292 g/mol. The molecule has 6 nitrogen and oxygen atoms in total. The first-order chi connectivity index (χ1) is 10.1. The van der Waals surface area contributed by atoms with Crippen LogP contribution in [0, 0.1) is 0 Å². The van der Waals surface area contributed by atoms with Crippen LogP contribution in [-0.2, 0) is 19.0 Å². The molecule has 0 atom stereocenters. The maximum absolute atomic E-state index is 11.9. The molecular formula is C15H16O6. The number of ether oxygens (including phenoxy) is 3. The fraction of sp³-hybridized carbons (Fsp3) is 0.267. The van der Waals surface area contributed by atoms with Gasteiger partial charge in [-0.3, -0.25) is 0 Å². The maximum Gasteiger partial charge on any atom is 0.339 e. The standard InChI is InChI=1S/C15H16O6/c1-3-13(16)20-9-6-10-21-15(18)12-8-5-4-7-11(12)14(17)19-2/h3-5,7-8H,1,6,9-10H2,2H3. The molecule has 0 bridgehead atoms. The van der Waals surface area contributed by atoms with Gasteiger partial charge in [-0.05, 0) is 12.1 Å². The highest BCUT2D eigenvalue weighted by Gasteiger charge is 2.17. The number of carbonyl (C=O) groups excluding carboxylic acids is 3. The molecule has 0 aliphatic rings. The Morgan fingerprint density at radius 2 is 1.62 bits per heavy atom. The Balaban J connectivity index is 2.51. The molecule has 21 heavy (non-hydrogen) atoms. The summed E-state index contributed by atoms with van der Waals surface area (Å²) in [6, 6.07) is 6.20. The minimum absolute atomic E-state index is 0.0682. The van der Waals surface area contributed by atoms with Gasteiger partial charge in [-0.2, -0.15) is 0 Å². The molecule has 6 heteroatoms. The Morgan fingerprint density at radius 1 is 1.05 bits per heavy atom. The van der Waals surface area contributed by atoms with Crippen LogP contribution >= 0.6 is 0 Å². The Bertz CT molecular complexity index is 535. The highest BCUT2D eigenvalue weighted by atomic mass is 16.5. The minimum atomic E-state index is -0.633. The molecule has 0 amide bonds. The second kappa shape index (κ2) is 8.52. The van der Waals surface area contributed by atoms with Crippen LogP contribution in [0.5, 0.6) is 0 Å². The third kappa shape index (κ3) is 5.10. The molecule has 0 unspecified atom stereocenters. The summed E-state index contributed by atoms with van der Waals surface area (Å²) in [5.41, 5.74) is 0.274. The van der Waals surface area contributed by atoms with E-state index in [-0.39, 0.29) is 24.3 Å². The van der Waals surface area contributed by atoms with E-state index in [2.05, 4.69) is 11.3 Å². The van der Waals surface area contributed by atoms with Crippen molar-refractivity contribution in [3.05, 3.63) is 48.0 Å². The Labute approximate surface area is 122 Å². The molecule has 0 aliphatic heterocycles. The van der Waals surface area contributed by atoms with Crippen molar-refractivity contribution in [3.8, 4) is 0 Å². The molecule has 1 aromatic carbocycles. The third-order valence-electron chi connectivity index (χ3n) is 2.49. The normalized spacial score (nSPS) is 9.57. The Kier molecular flexibility index (Phi) is 6.67. The zero-order valence-electron chi connectivity index (χ0n) is 11.7. The number of benzene rings is 1. The van der Waals surface area contributed by atoms with Gasteiger partial charge in [-0.15, -0.1) is 0 Å². The summed E-state index contributed by atoms with van der Waals surface area (Å²) < 4.78 is 14.3. The summed E-state index contributed by atoms with van der Waals surface area (Å²) in [7, 11) is 1.23. The van der Waals surface area contributed by atoms with E-state index in [0.717, 1.165) is 6.08 Å². The Hall–Kier alpha value is -2.63. The van der Waals surface area contributed by atoms with Gasteiger partial charge >= 0.3 is 17.9 Å². The Morgan fingerprint density at radius 3 is 2.19 bits per heavy atom. The number of carbonyl (C=O) groups is 3. The maximum atomic E-state index is 11.9. The molecule has 0 N–H and O–H groups in total. The molecule has 0 radical (unpaired) electrons. The van der Waals surface area contributed by atoms with Crippen molar-refractivity contribution in [2.75, 3.05) is 20.3 Å². The highest BCUT2D eigenvalue weighted by Crippen LogP contribution is 2.11. The van der Waals surface area contributed by atoms with E-state index in [1.807, 2.05) is 0 Å². The first kappa shape index (κ1) is 16.4. The van der Waals surface area contributed by atoms with Gasteiger partial charge < -0.3 is 14.2 Å². The summed E-state index contributed by atoms with van der Waals surface area (Å²) in [6.07, 6.45) is 1.41. The van der Waals surface area contributed by atoms with Crippen LogP contribution in [0.2, 0.25) is 0 Å². The van der Waals surface area contributed by atoms with Gasteiger partial charge in [-0.1, -0.05) is 18.7 Å². The number of hydrogen-bond acceptors (Lipinski definition) is 6. The fourth-order valence-corrected chi connectivity index (χ4v) is 1.48. The van der Waals surface area contributed by atoms with Gasteiger partial charge in [0.15, 0.2) is 0 Å². The van der Waals surface area contributed by atoms with Crippen LogP contribution in [-0.4, -0.2) is 38.2 Å². The second-order valence-electron chi connectivity index (χ2n) is 3.90. The smallest absolute Gasteiger partial charge is 0.339 e. The van der Waals surface area contributed by atoms with Crippen molar-refractivity contribution in [1.29, 1.82) is 0 Å². The van der Waals surface area contributed by atoms with Crippen molar-refractivity contribution in [2.45, 2.75) is 6.42 Å². The second-order valence-corrected chi connectivity index (χ2v) is 3.90. The summed E-state index contributed by atoms with van der Waals surface area (Å²) in [5, 5.41) is 0. The van der Waals surface area contributed by atoms with E-state index in [4.69, 9.17) is 9.47 Å². The third-order valence-corrected chi connectivity index (χ3v) is 2.49. The van der Waals surface area contributed by atoms with Crippen molar-refractivity contribution in [1.82, 2.24) is 0 Å². The van der Waals surface area contributed by atoms with Gasteiger partial charge in [0.05, 0.1) is 31.5 Å². The van der Waals surface area contributed by atoms with E-state index < -0.39 is 17.9 Å². The lowest BCUT2D eigenvalue weighted by atomic mass is 10.1. The lowest BCUT2D eigenvalue weighted by Gasteiger charge is -2.08. The fourth-order valence-electron chi connectivity index (χ4n) is 1.48. The van der Waals surface area contributed by atoms with Crippen LogP contribution in [0.4, 0.5) is 0 Å². The summed E-state index contributed by atoms with van der Waals surface area (Å²) in [4.78, 5) is 34.2. The lowest BCUT2D eigenvalue weighted by Crippen LogP contribution is -2.14. The van der Waals surface area contributed by atoms with Crippen molar-refractivity contribution < 1.29 is 28.6 Å². The number of rotatable bonds is 7. The van der Waals surface area contributed by atoms with Crippen LogP contribution < -0.4 is 0 Å². The van der Waals surface area contributed by atoms with Crippen LogP contribution in [0.25, 0.3) is 0 Å². The highest BCUT2D eigenvalue weighted by molar-refractivity contribution is 6.03. The van der Waals surface area contributed by atoms with E-state index in [1.165, 1.54) is 19.2 Å². The molecule has 0 fully saturated rings. The molecule has 0 spiro atoms. The molecule has 0 aliphatic carbocycles. The van der Waals surface area contributed by atoms with Gasteiger partial charge in [0.2, 0.25) is 0 Å². The number of esters is 3. The quantitative estimate of drug-likeness (QED) is 0.330. The van der Waals surface area contributed by atoms with Gasteiger partial charge in [-0.25, -0.2) is 14.4 Å². The topological polar surface area (TPSA) is 78.9 Å². The molecule has 112 valence electrons. The molecule has 0 saturated heterocycles. The minimum Gasteiger partial charge on any atom is -0.465 e. The molecule has 0 heterocycles. The zero-order chi connectivity index (χ0) is 15.7. The predicted octanol–water partition coefficient (Wildman–Crippen LogP) is 1.75. The van der Waals surface area contributed by atoms with Gasteiger partial charge in [0.1, 0.15) is 0 Å². The molecule has 1 rings (SSSR count). The molecule has 0 saturated carbocycles. The van der Waals surface area contributed by atoms with E-state index in [1.54, 1.807) is 12.1 Å². The van der Waals surface area contributed by atoms with E-state index in [9.17, 15) is 14.4 Å². The SMILES string of the molecule is C=CC(=O)OCCCOC(=O)c1ccccc1C(=O)OC.